The first kappa shape index (κ1) is 23.7. The number of nitrogens with zero attached hydrogens (tertiary/aromatic N) is 4. The summed E-state index contributed by atoms with van der Waals surface area (Å²) < 4.78 is 81.1. The van der Waals surface area contributed by atoms with Gasteiger partial charge in [-0.2, -0.15) is 18.3 Å². The number of pyridine rings is 1. The fourth-order valence-electron chi connectivity index (χ4n) is 4.90. The zero-order chi connectivity index (χ0) is 24.9. The number of morpholine rings is 1. The summed E-state index contributed by atoms with van der Waals surface area (Å²) in [5, 5.41) is 14.2. The number of aromatic nitrogens is 3. The normalized spacial score (nSPS) is 20.1. The number of hydrogen-bond donors (Lipinski definition) is 1. The number of aryl methyl sites for hydroxylation is 1. The fourth-order valence-corrected chi connectivity index (χ4v) is 4.90. The van der Waals surface area contributed by atoms with Crippen molar-refractivity contribution in [1.82, 2.24) is 14.8 Å². The first-order valence-corrected chi connectivity index (χ1v) is 11.2. The second kappa shape index (κ2) is 8.90. The van der Waals surface area contributed by atoms with Gasteiger partial charge in [-0.15, -0.1) is 0 Å². The van der Waals surface area contributed by atoms with Crippen LogP contribution >= 0.6 is 0 Å². The minimum atomic E-state index is -5.13. The maximum Gasteiger partial charge on any atom is 0.419 e. The van der Waals surface area contributed by atoms with Crippen molar-refractivity contribution in [2.24, 2.45) is 13.0 Å². The molecule has 0 spiro atoms. The Balaban J connectivity index is 1.57. The van der Waals surface area contributed by atoms with Crippen LogP contribution in [0.1, 0.15) is 18.4 Å². The summed E-state index contributed by atoms with van der Waals surface area (Å²) in [6, 6.07) is 2.16. The molecule has 4 heterocycles. The third-order valence-corrected chi connectivity index (χ3v) is 6.73. The molecule has 0 bridgehead atoms. The van der Waals surface area contributed by atoms with Gasteiger partial charge in [0.15, 0.2) is 17.4 Å². The molecule has 2 fully saturated rings. The molecule has 0 aliphatic carbocycles. The van der Waals surface area contributed by atoms with E-state index in [-0.39, 0.29) is 17.1 Å². The number of halogens is 5. The molecular formula is C23H23F5N4O3. The Hall–Kier alpha value is -2.99. The van der Waals surface area contributed by atoms with Crippen molar-refractivity contribution in [2.45, 2.75) is 25.1 Å². The van der Waals surface area contributed by atoms with Gasteiger partial charge in [-0.1, -0.05) is 0 Å². The smallest absolute Gasteiger partial charge is 0.419 e. The Bertz CT molecular complexity index is 1260. The molecule has 1 atom stereocenters. The first-order valence-electron chi connectivity index (χ1n) is 11.2. The van der Waals surface area contributed by atoms with Crippen LogP contribution in [0.25, 0.3) is 22.2 Å². The molecule has 2 aliphatic heterocycles. The Kier molecular flexibility index (Phi) is 6.04. The van der Waals surface area contributed by atoms with Gasteiger partial charge in [0, 0.05) is 50.0 Å². The summed E-state index contributed by atoms with van der Waals surface area (Å²) in [5.41, 5.74) is -2.12. The van der Waals surface area contributed by atoms with Crippen molar-refractivity contribution in [3.63, 3.8) is 0 Å². The number of aromatic hydroxyl groups is 1. The van der Waals surface area contributed by atoms with Gasteiger partial charge in [0.05, 0.1) is 30.3 Å². The van der Waals surface area contributed by atoms with Crippen LogP contribution in [0, 0.1) is 17.6 Å². The van der Waals surface area contributed by atoms with Gasteiger partial charge in [0.25, 0.3) is 0 Å². The molecule has 1 unspecified atom stereocenters. The minimum absolute atomic E-state index is 0.0890. The summed E-state index contributed by atoms with van der Waals surface area (Å²) in [4.78, 5) is 6.67. The lowest BCUT2D eigenvalue weighted by atomic mass is 9.90. The highest BCUT2D eigenvalue weighted by Crippen LogP contribution is 2.42. The minimum Gasteiger partial charge on any atom is -0.503 e. The van der Waals surface area contributed by atoms with E-state index < -0.39 is 34.7 Å². The molecule has 5 rings (SSSR count). The third-order valence-electron chi connectivity index (χ3n) is 6.73. The van der Waals surface area contributed by atoms with Gasteiger partial charge in [-0.25, -0.2) is 13.8 Å². The van der Waals surface area contributed by atoms with Gasteiger partial charge in [0.2, 0.25) is 0 Å². The average molecular weight is 498 g/mol. The summed E-state index contributed by atoms with van der Waals surface area (Å²) in [7, 11) is 1.57. The van der Waals surface area contributed by atoms with E-state index in [9.17, 15) is 27.1 Å². The van der Waals surface area contributed by atoms with Crippen molar-refractivity contribution in [3.8, 4) is 17.0 Å². The van der Waals surface area contributed by atoms with Crippen molar-refractivity contribution < 1.29 is 36.5 Å². The summed E-state index contributed by atoms with van der Waals surface area (Å²) in [5.74, 6) is -4.28. The van der Waals surface area contributed by atoms with Crippen LogP contribution in [0.2, 0.25) is 0 Å². The standard InChI is InChI=1S/C23H23F5N4O3/c1-31-16-9-18(32-4-7-35-11-17(32)12-2-5-34-6-3-12)29-10-14(16)21(30-31)13-8-15(23(26,27)28)20(25)22(33)19(13)24/h8-10,12,17,33H,2-7,11H2,1H3. The number of fused-ring (bicyclic) bond motifs is 1. The second-order valence-corrected chi connectivity index (χ2v) is 8.76. The predicted molar refractivity (Wildman–Crippen MR) is 116 cm³/mol. The van der Waals surface area contributed by atoms with Crippen molar-refractivity contribution in [3.05, 3.63) is 35.5 Å². The average Bonchev–Trinajstić information content (AvgIpc) is 3.18. The van der Waals surface area contributed by atoms with E-state index in [2.05, 4.69) is 15.0 Å². The first-order chi connectivity index (χ1) is 16.7. The fraction of sp³-hybridized carbons (Fsp3) is 0.478. The van der Waals surface area contributed by atoms with E-state index in [1.54, 1.807) is 13.1 Å². The quantitative estimate of drug-likeness (QED) is 0.544. The van der Waals surface area contributed by atoms with Crippen molar-refractivity contribution in [2.75, 3.05) is 37.9 Å². The van der Waals surface area contributed by atoms with Gasteiger partial charge in [-0.3, -0.25) is 4.68 Å². The number of benzene rings is 1. The molecule has 7 nitrogen and oxygen atoms in total. The van der Waals surface area contributed by atoms with E-state index in [1.165, 1.54) is 10.9 Å². The summed E-state index contributed by atoms with van der Waals surface area (Å²) in [6.45, 7) is 3.05. The van der Waals surface area contributed by atoms with Crippen LogP contribution < -0.4 is 4.90 Å². The number of anilines is 1. The van der Waals surface area contributed by atoms with E-state index in [0.717, 1.165) is 12.8 Å². The molecule has 0 saturated carbocycles. The molecule has 12 heteroatoms. The van der Waals surface area contributed by atoms with Crippen LogP contribution in [-0.4, -0.2) is 58.9 Å². The molecule has 35 heavy (non-hydrogen) atoms. The summed E-state index contributed by atoms with van der Waals surface area (Å²) in [6.07, 6.45) is -1.92. The second-order valence-electron chi connectivity index (χ2n) is 8.76. The van der Waals surface area contributed by atoms with Gasteiger partial charge in [-0.05, 0) is 24.8 Å². The highest BCUT2D eigenvalue weighted by Gasteiger charge is 2.38. The van der Waals surface area contributed by atoms with Crippen molar-refractivity contribution >= 4 is 16.7 Å². The molecule has 1 N–H and O–H groups in total. The topological polar surface area (TPSA) is 72.6 Å². The summed E-state index contributed by atoms with van der Waals surface area (Å²) >= 11 is 0. The largest absolute Gasteiger partial charge is 0.503 e. The Morgan fingerprint density at radius 1 is 1.06 bits per heavy atom. The molecule has 188 valence electrons. The molecule has 0 amide bonds. The van der Waals surface area contributed by atoms with E-state index in [1.807, 2.05) is 0 Å². The lowest BCUT2D eigenvalue weighted by Gasteiger charge is -2.42. The van der Waals surface area contributed by atoms with Gasteiger partial charge >= 0.3 is 6.18 Å². The number of alkyl halides is 3. The van der Waals surface area contributed by atoms with E-state index in [4.69, 9.17) is 9.47 Å². The van der Waals surface area contributed by atoms with Crippen LogP contribution in [0.4, 0.5) is 27.8 Å². The van der Waals surface area contributed by atoms with E-state index >= 15 is 0 Å². The zero-order valence-corrected chi connectivity index (χ0v) is 18.8. The number of phenols is 1. The van der Waals surface area contributed by atoms with Gasteiger partial charge < -0.3 is 19.5 Å². The number of phenolic OH excluding ortho intramolecular Hbond substituents is 1. The number of rotatable bonds is 3. The maximum atomic E-state index is 14.7. The van der Waals surface area contributed by atoms with Gasteiger partial charge in [0.1, 0.15) is 11.5 Å². The Morgan fingerprint density at radius 2 is 1.80 bits per heavy atom. The van der Waals surface area contributed by atoms with E-state index in [0.29, 0.717) is 56.3 Å². The third kappa shape index (κ3) is 4.18. The zero-order valence-electron chi connectivity index (χ0n) is 18.8. The van der Waals surface area contributed by atoms with Crippen LogP contribution in [0.15, 0.2) is 18.3 Å². The Morgan fingerprint density at radius 3 is 2.51 bits per heavy atom. The molecule has 2 saturated heterocycles. The molecule has 2 aliphatic rings. The predicted octanol–water partition coefficient (Wildman–Crippen LogP) is 4.27. The van der Waals surface area contributed by atoms with Crippen LogP contribution in [0.5, 0.6) is 5.75 Å². The highest BCUT2D eigenvalue weighted by atomic mass is 19.4. The van der Waals surface area contributed by atoms with Crippen LogP contribution in [-0.2, 0) is 22.7 Å². The number of hydrogen-bond acceptors (Lipinski definition) is 6. The number of ether oxygens (including phenoxy) is 2. The monoisotopic (exact) mass is 498 g/mol. The van der Waals surface area contributed by atoms with Crippen molar-refractivity contribution in [1.29, 1.82) is 0 Å². The lowest BCUT2D eigenvalue weighted by molar-refractivity contribution is -0.140. The Labute approximate surface area is 197 Å². The van der Waals surface area contributed by atoms with Crippen LogP contribution in [0.3, 0.4) is 0 Å². The molecule has 3 aromatic rings. The molecular weight excluding hydrogens is 475 g/mol. The molecule has 0 radical (unpaired) electrons. The molecule has 1 aromatic carbocycles. The molecule has 2 aromatic heterocycles. The highest BCUT2D eigenvalue weighted by molar-refractivity contribution is 5.94. The SMILES string of the molecule is Cn1nc(-c2cc(C(F)(F)F)c(F)c(O)c2F)c2cnc(N3CCOCC3C3CCOCC3)cc21. The lowest BCUT2D eigenvalue weighted by Crippen LogP contribution is -2.51. The maximum absolute atomic E-state index is 14.7.